The summed E-state index contributed by atoms with van der Waals surface area (Å²) in [5.74, 6) is -1.62. The number of carbonyl (C=O) groups excluding carboxylic acids is 3. The summed E-state index contributed by atoms with van der Waals surface area (Å²) >= 11 is 34.6. The first-order valence-corrected chi connectivity index (χ1v) is 13.3. The van der Waals surface area contributed by atoms with E-state index in [4.69, 9.17) is 62.7 Å². The van der Waals surface area contributed by atoms with Crippen LogP contribution in [0.5, 0.6) is 5.75 Å². The number of nitrogens with zero attached hydrogens (tertiary/aromatic N) is 2. The number of fused-ring (bicyclic) bond motifs is 1. The van der Waals surface area contributed by atoms with Crippen LogP contribution in [0.4, 0.5) is 5.69 Å². The number of halogens is 6. The Hall–Kier alpha value is -2.00. The highest BCUT2D eigenvalue weighted by atomic mass is 79.9. The Balaban J connectivity index is 1.69. The molecule has 6 nitrogen and oxygen atoms in total. The maximum Gasteiger partial charge on any atom is 0.264 e. The van der Waals surface area contributed by atoms with Gasteiger partial charge in [0.1, 0.15) is 11.8 Å². The van der Waals surface area contributed by atoms with Gasteiger partial charge >= 0.3 is 0 Å². The zero-order chi connectivity index (χ0) is 26.9. The van der Waals surface area contributed by atoms with Gasteiger partial charge in [0.15, 0.2) is 0 Å². The molecule has 37 heavy (non-hydrogen) atoms. The lowest BCUT2D eigenvalue weighted by atomic mass is 9.85. The van der Waals surface area contributed by atoms with Crippen molar-refractivity contribution < 1.29 is 19.1 Å². The second-order valence-corrected chi connectivity index (χ2v) is 11.3. The molecule has 3 amide bonds. The molecule has 5 rings (SSSR count). The smallest absolute Gasteiger partial charge is 0.264 e. The molecule has 0 aromatic heterocycles. The van der Waals surface area contributed by atoms with Gasteiger partial charge in [-0.2, -0.15) is 0 Å². The van der Waals surface area contributed by atoms with Crippen molar-refractivity contribution in [1.82, 2.24) is 4.90 Å². The second kappa shape index (κ2) is 9.63. The van der Waals surface area contributed by atoms with E-state index in [1.165, 1.54) is 12.0 Å². The third kappa shape index (κ3) is 3.94. The first-order chi connectivity index (χ1) is 17.5. The summed E-state index contributed by atoms with van der Waals surface area (Å²) in [6.07, 6.45) is 0. The molecule has 0 bridgehead atoms. The van der Waals surface area contributed by atoms with Gasteiger partial charge in [0.25, 0.3) is 17.7 Å². The molecule has 0 N–H and O–H groups in total. The van der Waals surface area contributed by atoms with Crippen LogP contribution in [0.2, 0.25) is 25.1 Å². The maximum absolute atomic E-state index is 13.8. The summed E-state index contributed by atoms with van der Waals surface area (Å²) in [5, 5.41) is -0.223. The number of anilines is 1. The molecule has 12 heteroatoms. The molecule has 0 radical (unpaired) electrons. The number of β-lactam (4-membered cyclic amide) rings is 1. The number of rotatable bonds is 4. The first kappa shape index (κ1) is 26.6. The number of aryl methyl sites for hydroxylation is 1. The average Bonchev–Trinajstić information content (AvgIpc) is 3.11. The largest absolute Gasteiger partial charge is 0.496 e. The van der Waals surface area contributed by atoms with Crippen LogP contribution in [0.1, 0.15) is 37.9 Å². The van der Waals surface area contributed by atoms with Crippen molar-refractivity contribution >= 4 is 97.3 Å². The summed E-state index contributed by atoms with van der Waals surface area (Å²) in [4.78, 5) is 43.4. The Kier molecular flexibility index (Phi) is 6.92. The summed E-state index contributed by atoms with van der Waals surface area (Å²) in [6.45, 7) is 1.81. The molecule has 0 unspecified atom stereocenters. The molecule has 0 aliphatic carbocycles. The van der Waals surface area contributed by atoms with Crippen LogP contribution in [-0.4, -0.2) is 35.8 Å². The van der Waals surface area contributed by atoms with E-state index >= 15 is 0 Å². The van der Waals surface area contributed by atoms with Crippen LogP contribution < -0.4 is 9.64 Å². The Morgan fingerprint density at radius 2 is 1.38 bits per heavy atom. The second-order valence-electron chi connectivity index (χ2n) is 8.40. The zero-order valence-electron chi connectivity index (χ0n) is 18.9. The number of carbonyl (C=O) groups is 3. The summed E-state index contributed by atoms with van der Waals surface area (Å²) in [6, 6.07) is 8.33. The van der Waals surface area contributed by atoms with E-state index in [0.29, 0.717) is 26.5 Å². The van der Waals surface area contributed by atoms with Crippen LogP contribution in [0.3, 0.4) is 0 Å². The van der Waals surface area contributed by atoms with Crippen molar-refractivity contribution in [3.8, 4) is 5.75 Å². The van der Waals surface area contributed by atoms with Gasteiger partial charge in [-0.05, 0) is 48.9 Å². The normalized spacial score (nSPS) is 18.9. The van der Waals surface area contributed by atoms with E-state index in [2.05, 4.69) is 15.9 Å². The van der Waals surface area contributed by atoms with Crippen molar-refractivity contribution in [3.63, 3.8) is 0 Å². The summed E-state index contributed by atoms with van der Waals surface area (Å²) < 4.78 is 6.29. The fourth-order valence-electron chi connectivity index (χ4n) is 4.75. The number of methoxy groups -OCH3 is 1. The molecule has 3 aromatic carbocycles. The third-order valence-electron chi connectivity index (χ3n) is 6.41. The number of ether oxygens (including phenoxy) is 1. The minimum Gasteiger partial charge on any atom is -0.496 e. The molecule has 2 atom stereocenters. The molecule has 2 aliphatic heterocycles. The van der Waals surface area contributed by atoms with Gasteiger partial charge in [-0.25, -0.2) is 0 Å². The Labute approximate surface area is 245 Å². The average molecular weight is 664 g/mol. The van der Waals surface area contributed by atoms with Gasteiger partial charge in [-0.3, -0.25) is 24.2 Å². The molecular formula is C25H14BrCl5N2O4. The van der Waals surface area contributed by atoms with E-state index in [9.17, 15) is 14.4 Å². The van der Waals surface area contributed by atoms with Gasteiger partial charge < -0.3 is 4.74 Å². The number of hydrogen-bond donors (Lipinski definition) is 0. The number of benzene rings is 3. The quantitative estimate of drug-likeness (QED) is 0.124. The Morgan fingerprint density at radius 3 is 1.92 bits per heavy atom. The van der Waals surface area contributed by atoms with Gasteiger partial charge in [-0.1, -0.05) is 73.9 Å². The highest BCUT2D eigenvalue weighted by Gasteiger charge is 2.59. The van der Waals surface area contributed by atoms with Crippen LogP contribution in [0, 0.1) is 6.92 Å². The molecule has 3 aromatic rings. The molecule has 0 spiro atoms. The molecule has 1 saturated heterocycles. The van der Waals surface area contributed by atoms with Crippen LogP contribution >= 0.6 is 73.9 Å². The lowest BCUT2D eigenvalue weighted by Gasteiger charge is -2.50. The topological polar surface area (TPSA) is 66.9 Å². The van der Waals surface area contributed by atoms with Crippen molar-refractivity contribution in [2.75, 3.05) is 12.0 Å². The first-order valence-electron chi connectivity index (χ1n) is 10.7. The molecule has 1 fully saturated rings. The zero-order valence-corrected chi connectivity index (χ0v) is 24.3. The van der Waals surface area contributed by atoms with Gasteiger partial charge in [0, 0.05) is 20.7 Å². The third-order valence-corrected chi connectivity index (χ3v) is 8.94. The minimum absolute atomic E-state index is 0.154. The predicted molar refractivity (Wildman–Crippen MR) is 148 cm³/mol. The highest BCUT2D eigenvalue weighted by molar-refractivity contribution is 9.10. The van der Waals surface area contributed by atoms with Crippen molar-refractivity contribution in [3.05, 3.63) is 88.2 Å². The monoisotopic (exact) mass is 660 g/mol. The lowest BCUT2D eigenvalue weighted by molar-refractivity contribution is -0.130. The van der Waals surface area contributed by atoms with Crippen molar-refractivity contribution in [2.24, 2.45) is 0 Å². The van der Waals surface area contributed by atoms with Crippen molar-refractivity contribution in [1.29, 1.82) is 0 Å². The van der Waals surface area contributed by atoms with Gasteiger partial charge in [-0.15, -0.1) is 0 Å². The van der Waals surface area contributed by atoms with E-state index < -0.39 is 29.8 Å². The van der Waals surface area contributed by atoms with Gasteiger partial charge in [0.05, 0.1) is 44.4 Å². The fourth-order valence-corrected chi connectivity index (χ4v) is 6.37. The van der Waals surface area contributed by atoms with E-state index in [-0.39, 0.29) is 31.2 Å². The predicted octanol–water partition coefficient (Wildman–Crippen LogP) is 7.79. The molecule has 190 valence electrons. The molecule has 2 heterocycles. The SMILES string of the molecule is COc1ccc(Br)cc1[C@H]1[C@H](N2C(=O)c3c(Cl)c(Cl)c(Cl)c(Cl)c3C2=O)C(=O)N1c1ccc(Cl)cc1C. The molecule has 2 aliphatic rings. The fraction of sp³-hybridized carbons (Fsp3) is 0.160. The van der Waals surface area contributed by atoms with Crippen LogP contribution in [0.25, 0.3) is 0 Å². The van der Waals surface area contributed by atoms with Gasteiger partial charge in [0.2, 0.25) is 0 Å². The molecular weight excluding hydrogens is 649 g/mol. The van der Waals surface area contributed by atoms with E-state index in [1.54, 1.807) is 36.4 Å². The minimum atomic E-state index is -1.23. The number of amides is 3. The highest BCUT2D eigenvalue weighted by Crippen LogP contribution is 2.51. The Bertz CT molecular complexity index is 1500. The number of hydrogen-bond acceptors (Lipinski definition) is 4. The summed E-state index contributed by atoms with van der Waals surface area (Å²) in [5.41, 5.74) is 1.47. The maximum atomic E-state index is 13.8. The lowest BCUT2D eigenvalue weighted by Crippen LogP contribution is -2.67. The van der Waals surface area contributed by atoms with E-state index in [0.717, 1.165) is 10.5 Å². The Morgan fingerprint density at radius 1 is 0.784 bits per heavy atom. The van der Waals surface area contributed by atoms with Crippen molar-refractivity contribution in [2.45, 2.75) is 19.0 Å². The summed E-state index contributed by atoms with van der Waals surface area (Å²) in [7, 11) is 1.49. The van der Waals surface area contributed by atoms with Crippen LogP contribution in [0.15, 0.2) is 40.9 Å². The number of imide groups is 1. The standard InChI is InChI=1S/C25H14BrCl5N2O4/c1-9-7-11(27)4-5-13(9)32-21(12-8-10(26)3-6-14(12)37-2)22(25(32)36)33-23(34)15-16(24(33)35)18(29)20(31)19(30)17(15)28/h3-8,21-22H,1-2H3/t21-,22-/m0/s1. The molecule has 0 saturated carbocycles. The van der Waals surface area contributed by atoms with Crippen LogP contribution in [-0.2, 0) is 4.79 Å². The van der Waals surface area contributed by atoms with E-state index in [1.807, 2.05) is 6.92 Å².